The van der Waals surface area contributed by atoms with E-state index in [0.29, 0.717) is 0 Å². The smallest absolute Gasteiger partial charge is 0.206 e. The molecule has 0 saturated carbocycles. The number of amidine groups is 1. The van der Waals surface area contributed by atoms with E-state index in [1.807, 2.05) is 29.6 Å². The summed E-state index contributed by atoms with van der Waals surface area (Å²) in [6, 6.07) is 10.2. The molecular formula is C15H15N3OS. The number of hydrogen-bond acceptors (Lipinski definition) is 5. The molecule has 0 bridgehead atoms. The van der Waals surface area contributed by atoms with Gasteiger partial charge >= 0.3 is 0 Å². The Morgan fingerprint density at radius 3 is 2.90 bits per heavy atom. The highest BCUT2D eigenvalue weighted by Crippen LogP contribution is 2.41. The fourth-order valence-electron chi connectivity index (χ4n) is 2.58. The minimum absolute atomic E-state index is 0.877. The van der Waals surface area contributed by atoms with Crippen molar-refractivity contribution in [3.8, 4) is 10.8 Å². The van der Waals surface area contributed by atoms with Crippen molar-refractivity contribution in [3.63, 3.8) is 0 Å². The molecule has 1 fully saturated rings. The number of nitrogens with one attached hydrogen (secondary N) is 1. The standard InChI is InChI=1S/C15H15N3OS/c1-2-4-13-11(3-1)14(18-8-6-16-7-9-18)17-12-5-10-20-15(12)19-13/h1-5,10,16H,6-9H2. The normalized spacial score (nSPS) is 17.6. The highest BCUT2D eigenvalue weighted by Gasteiger charge is 2.23. The van der Waals surface area contributed by atoms with Gasteiger partial charge in [-0.3, -0.25) is 0 Å². The van der Waals surface area contributed by atoms with Gasteiger partial charge in [-0.05, 0) is 23.6 Å². The number of piperazine rings is 1. The molecule has 2 aromatic rings. The van der Waals surface area contributed by atoms with Crippen LogP contribution >= 0.6 is 11.3 Å². The highest BCUT2D eigenvalue weighted by molar-refractivity contribution is 7.12. The molecule has 4 nitrogen and oxygen atoms in total. The Hall–Kier alpha value is -1.85. The summed E-state index contributed by atoms with van der Waals surface area (Å²) < 4.78 is 6.03. The van der Waals surface area contributed by atoms with E-state index in [1.165, 1.54) is 0 Å². The molecule has 0 aliphatic carbocycles. The van der Waals surface area contributed by atoms with Crippen LogP contribution in [-0.4, -0.2) is 36.9 Å². The minimum Gasteiger partial charge on any atom is -0.444 e. The molecule has 0 radical (unpaired) electrons. The Labute approximate surface area is 121 Å². The van der Waals surface area contributed by atoms with E-state index < -0.39 is 0 Å². The van der Waals surface area contributed by atoms with Crippen molar-refractivity contribution in [2.24, 2.45) is 4.99 Å². The number of para-hydroxylation sites is 1. The summed E-state index contributed by atoms with van der Waals surface area (Å²) in [5.74, 6) is 1.92. The van der Waals surface area contributed by atoms with Crippen LogP contribution in [0.1, 0.15) is 5.56 Å². The van der Waals surface area contributed by atoms with Crippen LogP contribution in [0, 0.1) is 0 Å². The van der Waals surface area contributed by atoms with E-state index in [0.717, 1.165) is 54.1 Å². The molecule has 0 amide bonds. The zero-order valence-electron chi connectivity index (χ0n) is 11.0. The highest BCUT2D eigenvalue weighted by atomic mass is 32.1. The molecule has 102 valence electrons. The van der Waals surface area contributed by atoms with Gasteiger partial charge in [0.15, 0.2) is 0 Å². The van der Waals surface area contributed by atoms with E-state index >= 15 is 0 Å². The number of nitrogens with zero attached hydrogens (tertiary/aromatic N) is 2. The van der Waals surface area contributed by atoms with Gasteiger partial charge in [0.1, 0.15) is 17.3 Å². The number of hydrogen-bond donors (Lipinski definition) is 1. The second kappa shape index (κ2) is 4.92. The summed E-state index contributed by atoms with van der Waals surface area (Å²) in [6.45, 7) is 3.95. The number of aliphatic imine (C=N–C) groups is 1. The van der Waals surface area contributed by atoms with Gasteiger partial charge in [-0.1, -0.05) is 12.1 Å². The van der Waals surface area contributed by atoms with Crippen LogP contribution in [0.2, 0.25) is 0 Å². The molecule has 20 heavy (non-hydrogen) atoms. The van der Waals surface area contributed by atoms with E-state index in [2.05, 4.69) is 16.3 Å². The molecule has 4 rings (SSSR count). The van der Waals surface area contributed by atoms with Gasteiger partial charge in [-0.15, -0.1) is 11.3 Å². The average molecular weight is 285 g/mol. The van der Waals surface area contributed by atoms with Gasteiger partial charge in [0, 0.05) is 26.2 Å². The molecular weight excluding hydrogens is 270 g/mol. The van der Waals surface area contributed by atoms with Gasteiger partial charge in [-0.25, -0.2) is 4.99 Å². The Balaban J connectivity index is 1.85. The van der Waals surface area contributed by atoms with Gasteiger partial charge < -0.3 is 15.0 Å². The molecule has 1 saturated heterocycles. The predicted molar refractivity (Wildman–Crippen MR) is 81.5 cm³/mol. The van der Waals surface area contributed by atoms with Crippen LogP contribution in [-0.2, 0) is 0 Å². The third-order valence-electron chi connectivity index (χ3n) is 3.58. The fourth-order valence-corrected chi connectivity index (χ4v) is 3.27. The van der Waals surface area contributed by atoms with Crippen LogP contribution in [0.25, 0.3) is 0 Å². The summed E-state index contributed by atoms with van der Waals surface area (Å²) in [5.41, 5.74) is 2.01. The fraction of sp³-hybridized carbons (Fsp3) is 0.267. The lowest BCUT2D eigenvalue weighted by molar-refractivity contribution is 0.357. The maximum atomic E-state index is 6.03. The molecule has 1 aromatic carbocycles. The van der Waals surface area contributed by atoms with Crippen molar-refractivity contribution in [1.29, 1.82) is 0 Å². The van der Waals surface area contributed by atoms with Crippen molar-refractivity contribution >= 4 is 22.9 Å². The van der Waals surface area contributed by atoms with Gasteiger partial charge in [-0.2, -0.15) is 0 Å². The number of fused-ring (bicyclic) bond motifs is 2. The Morgan fingerprint density at radius 2 is 2.00 bits per heavy atom. The first-order chi connectivity index (χ1) is 9.92. The third kappa shape index (κ3) is 1.99. The topological polar surface area (TPSA) is 36.9 Å². The van der Waals surface area contributed by atoms with Crippen molar-refractivity contribution in [3.05, 3.63) is 41.3 Å². The van der Waals surface area contributed by atoms with Gasteiger partial charge in [0.25, 0.3) is 0 Å². The first-order valence-electron chi connectivity index (χ1n) is 6.81. The number of rotatable bonds is 0. The lowest BCUT2D eigenvalue weighted by Gasteiger charge is -2.30. The van der Waals surface area contributed by atoms with E-state index in [4.69, 9.17) is 9.73 Å². The minimum atomic E-state index is 0.877. The lowest BCUT2D eigenvalue weighted by Crippen LogP contribution is -2.46. The third-order valence-corrected chi connectivity index (χ3v) is 4.36. The van der Waals surface area contributed by atoms with E-state index in [1.54, 1.807) is 11.3 Å². The molecule has 0 unspecified atom stereocenters. The molecule has 0 atom stereocenters. The van der Waals surface area contributed by atoms with Crippen LogP contribution < -0.4 is 10.1 Å². The Bertz CT molecular complexity index is 659. The van der Waals surface area contributed by atoms with Gasteiger partial charge in [0.2, 0.25) is 5.06 Å². The van der Waals surface area contributed by atoms with Gasteiger partial charge in [0.05, 0.1) is 5.56 Å². The zero-order chi connectivity index (χ0) is 13.4. The van der Waals surface area contributed by atoms with Crippen LogP contribution in [0.3, 0.4) is 0 Å². The predicted octanol–water partition coefficient (Wildman–Crippen LogP) is 2.84. The molecule has 3 heterocycles. The maximum absolute atomic E-state index is 6.03. The average Bonchev–Trinajstić information content (AvgIpc) is 2.87. The molecule has 5 heteroatoms. The second-order valence-electron chi connectivity index (χ2n) is 4.86. The number of thiophene rings is 1. The largest absolute Gasteiger partial charge is 0.444 e. The maximum Gasteiger partial charge on any atom is 0.206 e. The summed E-state index contributed by atoms with van der Waals surface area (Å²) in [7, 11) is 0. The van der Waals surface area contributed by atoms with Crippen molar-refractivity contribution in [2.75, 3.05) is 26.2 Å². The first kappa shape index (κ1) is 11.9. The molecule has 1 aromatic heterocycles. The monoisotopic (exact) mass is 285 g/mol. The lowest BCUT2D eigenvalue weighted by atomic mass is 10.1. The van der Waals surface area contributed by atoms with Crippen molar-refractivity contribution in [2.45, 2.75) is 0 Å². The van der Waals surface area contributed by atoms with Crippen molar-refractivity contribution in [1.82, 2.24) is 10.2 Å². The molecule has 2 aliphatic rings. The first-order valence-corrected chi connectivity index (χ1v) is 7.69. The Morgan fingerprint density at radius 1 is 1.15 bits per heavy atom. The summed E-state index contributed by atoms with van der Waals surface area (Å²) in [4.78, 5) is 7.20. The number of ether oxygens (including phenoxy) is 1. The summed E-state index contributed by atoms with van der Waals surface area (Å²) >= 11 is 1.59. The zero-order valence-corrected chi connectivity index (χ0v) is 11.8. The SMILES string of the molecule is c1ccc2c(c1)Oc1sccc1N=C2N1CCNCC1. The molecule has 2 aliphatic heterocycles. The van der Waals surface area contributed by atoms with Crippen LogP contribution in [0.5, 0.6) is 10.8 Å². The van der Waals surface area contributed by atoms with Crippen LogP contribution in [0.15, 0.2) is 40.7 Å². The summed E-state index contributed by atoms with van der Waals surface area (Å²) in [6.07, 6.45) is 0. The molecule has 1 N–H and O–H groups in total. The summed E-state index contributed by atoms with van der Waals surface area (Å²) in [5, 5.41) is 6.28. The number of benzene rings is 1. The van der Waals surface area contributed by atoms with Crippen molar-refractivity contribution < 1.29 is 4.74 Å². The molecule has 0 spiro atoms. The van der Waals surface area contributed by atoms with E-state index in [-0.39, 0.29) is 0 Å². The Kier molecular flexibility index (Phi) is 2.94. The van der Waals surface area contributed by atoms with E-state index in [9.17, 15) is 0 Å². The quantitative estimate of drug-likeness (QED) is 0.808. The second-order valence-corrected chi connectivity index (χ2v) is 5.74. The van der Waals surface area contributed by atoms with Crippen LogP contribution in [0.4, 0.5) is 5.69 Å².